The molecule has 11 heteroatoms. The average Bonchev–Trinajstić information content (AvgIpc) is 3.39. The molecule has 4 saturated carbocycles. The molecule has 0 aliphatic heterocycles. The number of hydrogen-bond acceptors (Lipinski definition) is 7. The Hall–Kier alpha value is -2.77. The zero-order valence-corrected chi connectivity index (χ0v) is 27.9. The van der Waals surface area contributed by atoms with Gasteiger partial charge in [-0.3, -0.25) is 4.79 Å². The fourth-order valence-corrected chi connectivity index (χ4v) is 9.99. The minimum atomic E-state index is -0.926. The van der Waals surface area contributed by atoms with E-state index in [0.717, 1.165) is 38.5 Å². The number of fused-ring (bicyclic) bond motifs is 5. The number of carbonyl (C=O) groups excluding carboxylic acids is 2. The van der Waals surface area contributed by atoms with Crippen LogP contribution in [0.5, 0.6) is 0 Å². The molecule has 0 aromatic heterocycles. The largest absolute Gasteiger partial charge is 0.447 e. The lowest BCUT2D eigenvalue weighted by atomic mass is 9.43. The average molecular weight is 642 g/mol. The first-order valence-corrected chi connectivity index (χ1v) is 17.3. The van der Waals surface area contributed by atoms with E-state index in [9.17, 15) is 19.8 Å². The first-order valence-electron chi connectivity index (χ1n) is 17.3. The lowest BCUT2D eigenvalue weighted by Gasteiger charge is -2.62. The summed E-state index contributed by atoms with van der Waals surface area (Å²) in [4.78, 5) is 27.4. The van der Waals surface area contributed by atoms with Gasteiger partial charge < -0.3 is 30.3 Å². The Kier molecular flexibility index (Phi) is 12.8. The van der Waals surface area contributed by atoms with Crippen LogP contribution in [0.1, 0.15) is 91.4 Å². The molecule has 4 rings (SSSR count). The van der Waals surface area contributed by atoms with E-state index in [4.69, 9.17) is 21.4 Å². The van der Waals surface area contributed by atoms with Crippen LogP contribution in [-0.4, -0.2) is 67.0 Å². The van der Waals surface area contributed by atoms with Crippen molar-refractivity contribution >= 4 is 12.0 Å². The van der Waals surface area contributed by atoms with Gasteiger partial charge in [0.2, 0.25) is 5.91 Å². The fraction of sp³-hybridized carbons (Fsp3) is 0.829. The molecule has 11 atom stereocenters. The highest BCUT2D eigenvalue weighted by atomic mass is 16.6. The molecule has 11 nitrogen and oxygen atoms in total. The topological polar surface area (TPSA) is 166 Å². The minimum Gasteiger partial charge on any atom is -0.447 e. The van der Waals surface area contributed by atoms with Gasteiger partial charge in [0.15, 0.2) is 0 Å². The second kappa shape index (κ2) is 16.4. The van der Waals surface area contributed by atoms with Crippen molar-refractivity contribution in [1.29, 1.82) is 0 Å². The van der Waals surface area contributed by atoms with Crippen molar-refractivity contribution in [3.63, 3.8) is 0 Å². The molecular formula is C35H55N5O6. The number of rotatable bonds is 14. The smallest absolute Gasteiger partial charge is 0.408 e. The predicted molar refractivity (Wildman–Crippen MR) is 175 cm³/mol. The van der Waals surface area contributed by atoms with Crippen LogP contribution in [0.15, 0.2) is 17.3 Å². The van der Waals surface area contributed by atoms with Crippen molar-refractivity contribution < 1.29 is 29.3 Å². The Morgan fingerprint density at radius 3 is 2.67 bits per heavy atom. The molecule has 0 bridgehead atoms. The third-order valence-corrected chi connectivity index (χ3v) is 12.3. The molecule has 2 amide bonds. The van der Waals surface area contributed by atoms with E-state index in [2.05, 4.69) is 47.4 Å². The van der Waals surface area contributed by atoms with Crippen LogP contribution in [0.4, 0.5) is 4.79 Å². The van der Waals surface area contributed by atoms with E-state index < -0.39 is 18.2 Å². The highest BCUT2D eigenvalue weighted by Crippen LogP contribution is 2.68. The summed E-state index contributed by atoms with van der Waals surface area (Å²) < 4.78 is 10.3. The zero-order chi connectivity index (χ0) is 33.3. The van der Waals surface area contributed by atoms with Crippen molar-refractivity contribution in [2.24, 2.45) is 51.5 Å². The van der Waals surface area contributed by atoms with Crippen LogP contribution >= 0.6 is 0 Å². The molecule has 4 fully saturated rings. The molecule has 0 aromatic carbocycles. The number of azide groups is 1. The lowest BCUT2D eigenvalue weighted by molar-refractivity contribution is -0.174. The van der Waals surface area contributed by atoms with Gasteiger partial charge in [-0.2, -0.15) is 0 Å². The minimum absolute atomic E-state index is 0.0145. The van der Waals surface area contributed by atoms with Gasteiger partial charge in [0, 0.05) is 11.3 Å². The van der Waals surface area contributed by atoms with Crippen molar-refractivity contribution in [1.82, 2.24) is 10.6 Å². The van der Waals surface area contributed by atoms with Gasteiger partial charge >= 0.3 is 6.09 Å². The molecule has 0 radical (unpaired) electrons. The monoisotopic (exact) mass is 641 g/mol. The van der Waals surface area contributed by atoms with Gasteiger partial charge in [-0.15, -0.1) is 12.3 Å². The number of alkyl carbamates (subject to hydrolysis) is 1. The van der Waals surface area contributed by atoms with Crippen LogP contribution in [-0.2, 0) is 14.3 Å². The number of nitrogens with zero attached hydrogens (tertiary/aromatic N) is 3. The third kappa shape index (κ3) is 8.20. The molecule has 46 heavy (non-hydrogen) atoms. The van der Waals surface area contributed by atoms with Gasteiger partial charge in [-0.05, 0) is 122 Å². The lowest BCUT2D eigenvalue weighted by Crippen LogP contribution is -2.58. The maximum atomic E-state index is 12.6. The summed E-state index contributed by atoms with van der Waals surface area (Å²) in [6, 6.07) is 0. The summed E-state index contributed by atoms with van der Waals surface area (Å²) in [7, 11) is 0. The molecule has 4 aliphatic rings. The first kappa shape index (κ1) is 36.1. The highest BCUT2D eigenvalue weighted by molar-refractivity contribution is 5.88. The molecule has 0 saturated heterocycles. The van der Waals surface area contributed by atoms with Crippen LogP contribution in [0.3, 0.4) is 0 Å². The Morgan fingerprint density at radius 1 is 1.11 bits per heavy atom. The Labute approximate surface area is 274 Å². The van der Waals surface area contributed by atoms with Gasteiger partial charge in [0.1, 0.15) is 12.8 Å². The molecule has 0 spiro atoms. The Bertz CT molecular complexity index is 1170. The van der Waals surface area contributed by atoms with Crippen LogP contribution in [0.25, 0.3) is 10.4 Å². The molecule has 4 N–H and O–H groups in total. The van der Waals surface area contributed by atoms with E-state index in [-0.39, 0.29) is 42.8 Å². The predicted octanol–water partition coefficient (Wildman–Crippen LogP) is 5.47. The number of hydrogen-bond donors (Lipinski definition) is 4. The summed E-state index contributed by atoms with van der Waals surface area (Å²) >= 11 is 0. The number of nitrogens with one attached hydrogen (secondary N) is 2. The summed E-state index contributed by atoms with van der Waals surface area (Å²) in [6.07, 6.45) is 16.9. The van der Waals surface area contributed by atoms with Crippen LogP contribution in [0.2, 0.25) is 0 Å². The van der Waals surface area contributed by atoms with Gasteiger partial charge in [-0.1, -0.05) is 32.0 Å². The van der Waals surface area contributed by atoms with Crippen molar-refractivity contribution in [3.05, 3.63) is 22.6 Å². The van der Waals surface area contributed by atoms with E-state index in [1.807, 2.05) is 6.08 Å². The SMILES string of the molecule is C#CCCOCCOC(=O)NC(CN=[N+]=[N-])NC(=O)/C=C/CCC(C)C1CCC2C3CCC4CC(O)CCC4(C)C3CC(O)C12C. The van der Waals surface area contributed by atoms with Crippen molar-refractivity contribution in [2.75, 3.05) is 26.4 Å². The fourth-order valence-electron chi connectivity index (χ4n) is 9.99. The third-order valence-electron chi connectivity index (χ3n) is 12.3. The molecule has 4 aliphatic carbocycles. The Morgan fingerprint density at radius 2 is 1.91 bits per heavy atom. The summed E-state index contributed by atoms with van der Waals surface area (Å²) in [5.41, 5.74) is 8.84. The van der Waals surface area contributed by atoms with Gasteiger partial charge in [-0.25, -0.2) is 4.79 Å². The number of carbonyl (C=O) groups is 2. The molecule has 0 aromatic rings. The van der Waals surface area contributed by atoms with Crippen molar-refractivity contribution in [2.45, 2.75) is 110 Å². The normalized spacial score (nSPS) is 36.2. The number of aliphatic hydroxyl groups excluding tert-OH is 2. The van der Waals surface area contributed by atoms with Crippen molar-refractivity contribution in [3.8, 4) is 12.3 Å². The molecule has 11 unspecified atom stereocenters. The van der Waals surface area contributed by atoms with Crippen LogP contribution in [0, 0.1) is 58.7 Å². The van der Waals surface area contributed by atoms with E-state index in [1.54, 1.807) is 0 Å². The quantitative estimate of drug-likeness (QED) is 0.0373. The molecule has 256 valence electrons. The van der Waals surface area contributed by atoms with Gasteiger partial charge in [0.25, 0.3) is 0 Å². The number of ether oxygens (including phenoxy) is 2. The summed E-state index contributed by atoms with van der Waals surface area (Å²) in [5, 5.41) is 30.7. The summed E-state index contributed by atoms with van der Waals surface area (Å²) in [5.74, 6) is 5.17. The summed E-state index contributed by atoms with van der Waals surface area (Å²) in [6.45, 7) is 7.50. The van der Waals surface area contributed by atoms with E-state index >= 15 is 0 Å². The standard InChI is InChI=1S/C35H55N5O6/c1-5-6-17-45-18-19-46-33(44)39-31(22-37-40-36)38-32(43)10-8-7-9-23(2)27-13-14-28-26-12-11-24-20-25(41)15-16-34(24,3)29(26)21-30(42)35(27,28)4/h1,8,10,23-31,41-42H,6-7,9,11-22H2,2-4H3,(H,38,43)(H,39,44)/b10-8+. The molecule has 0 heterocycles. The van der Waals surface area contributed by atoms with Gasteiger partial charge in [0.05, 0.1) is 32.0 Å². The maximum Gasteiger partial charge on any atom is 0.408 e. The number of amides is 2. The number of terminal acetylenes is 1. The number of aliphatic hydroxyl groups is 2. The highest BCUT2D eigenvalue weighted by Gasteiger charge is 2.63. The van der Waals surface area contributed by atoms with Crippen LogP contribution < -0.4 is 10.6 Å². The van der Waals surface area contributed by atoms with E-state index in [1.165, 1.54) is 25.3 Å². The van der Waals surface area contributed by atoms with E-state index in [0.29, 0.717) is 55.0 Å². The Balaban J connectivity index is 1.25. The molecular weight excluding hydrogens is 586 g/mol. The second-order valence-corrected chi connectivity index (χ2v) is 14.7. The maximum absolute atomic E-state index is 12.6. The zero-order valence-electron chi connectivity index (χ0n) is 27.9. The number of allylic oxidation sites excluding steroid dienone is 1. The first-order chi connectivity index (χ1) is 22.0. The second-order valence-electron chi connectivity index (χ2n) is 14.7.